The molecule has 0 radical (unpaired) electrons. The molecule has 0 bridgehead atoms. The Balaban J connectivity index is 1.65. The fourth-order valence-electron chi connectivity index (χ4n) is 2.33. The molecule has 114 valence electrons. The Morgan fingerprint density at radius 1 is 1.13 bits per heavy atom. The first-order valence-corrected chi connectivity index (χ1v) is 7.20. The van der Waals surface area contributed by atoms with E-state index in [0.717, 1.165) is 16.5 Å². The van der Waals surface area contributed by atoms with Crippen molar-refractivity contribution in [2.45, 2.75) is 0 Å². The SMILES string of the molecule is Fc1ccc(Nc2nnc(-c3c[nH]c4ccccc34)o2)cc1Cl. The highest BCUT2D eigenvalue weighted by Crippen LogP contribution is 2.29. The second kappa shape index (κ2) is 5.40. The van der Waals surface area contributed by atoms with Crippen molar-refractivity contribution in [3.8, 4) is 11.5 Å². The summed E-state index contributed by atoms with van der Waals surface area (Å²) in [7, 11) is 0. The Kier molecular flexibility index (Phi) is 3.24. The van der Waals surface area contributed by atoms with E-state index in [4.69, 9.17) is 16.0 Å². The van der Waals surface area contributed by atoms with Gasteiger partial charge in [-0.2, -0.15) is 0 Å². The molecule has 4 rings (SSSR count). The lowest BCUT2D eigenvalue weighted by Crippen LogP contribution is -1.91. The van der Waals surface area contributed by atoms with Crippen LogP contribution in [0.1, 0.15) is 0 Å². The van der Waals surface area contributed by atoms with Gasteiger partial charge in [0, 0.05) is 22.8 Å². The zero-order valence-electron chi connectivity index (χ0n) is 11.7. The van der Waals surface area contributed by atoms with E-state index < -0.39 is 5.82 Å². The number of aromatic amines is 1. The van der Waals surface area contributed by atoms with Gasteiger partial charge in [0.15, 0.2) is 0 Å². The van der Waals surface area contributed by atoms with Gasteiger partial charge in [-0.25, -0.2) is 4.39 Å². The second-order valence-electron chi connectivity index (χ2n) is 4.91. The number of para-hydroxylation sites is 1. The lowest BCUT2D eigenvalue weighted by atomic mass is 10.2. The molecule has 23 heavy (non-hydrogen) atoms. The van der Waals surface area contributed by atoms with Crippen LogP contribution in [-0.2, 0) is 0 Å². The third-order valence-corrected chi connectivity index (χ3v) is 3.71. The molecule has 0 saturated heterocycles. The minimum Gasteiger partial charge on any atom is -0.403 e. The molecule has 0 spiro atoms. The van der Waals surface area contributed by atoms with Gasteiger partial charge in [-0.1, -0.05) is 34.9 Å². The highest BCUT2D eigenvalue weighted by molar-refractivity contribution is 6.31. The summed E-state index contributed by atoms with van der Waals surface area (Å²) in [4.78, 5) is 3.15. The van der Waals surface area contributed by atoms with Gasteiger partial charge < -0.3 is 14.7 Å². The van der Waals surface area contributed by atoms with Crippen LogP contribution in [0.15, 0.2) is 53.1 Å². The first-order valence-electron chi connectivity index (χ1n) is 6.83. The predicted molar refractivity (Wildman–Crippen MR) is 86.3 cm³/mol. The lowest BCUT2D eigenvalue weighted by Gasteiger charge is -2.01. The van der Waals surface area contributed by atoms with Crippen molar-refractivity contribution in [2.24, 2.45) is 0 Å². The van der Waals surface area contributed by atoms with Gasteiger partial charge in [0.1, 0.15) is 5.82 Å². The van der Waals surface area contributed by atoms with Crippen LogP contribution >= 0.6 is 11.6 Å². The molecule has 2 aromatic heterocycles. The van der Waals surface area contributed by atoms with Crippen molar-refractivity contribution in [1.82, 2.24) is 15.2 Å². The van der Waals surface area contributed by atoms with E-state index in [-0.39, 0.29) is 11.0 Å². The topological polar surface area (TPSA) is 66.7 Å². The number of rotatable bonds is 3. The molecule has 2 aromatic carbocycles. The van der Waals surface area contributed by atoms with Crippen LogP contribution in [0.3, 0.4) is 0 Å². The molecule has 7 heteroatoms. The van der Waals surface area contributed by atoms with Gasteiger partial charge in [-0.05, 0) is 24.3 Å². The number of anilines is 2. The summed E-state index contributed by atoms with van der Waals surface area (Å²) in [5.74, 6) is -0.0969. The van der Waals surface area contributed by atoms with Crippen molar-refractivity contribution < 1.29 is 8.81 Å². The first-order chi connectivity index (χ1) is 11.2. The second-order valence-corrected chi connectivity index (χ2v) is 5.32. The zero-order valence-corrected chi connectivity index (χ0v) is 12.4. The standard InChI is InChI=1S/C16H10ClFN4O/c17-12-7-9(5-6-13(12)18)20-16-22-21-15(23-16)11-8-19-14-4-2-1-3-10(11)14/h1-8,19H,(H,20,22). The average molecular weight is 329 g/mol. The molecule has 0 aliphatic rings. The Morgan fingerprint density at radius 2 is 2.00 bits per heavy atom. The summed E-state index contributed by atoms with van der Waals surface area (Å²) in [6, 6.07) is 12.3. The quantitative estimate of drug-likeness (QED) is 0.569. The molecule has 0 fully saturated rings. The van der Waals surface area contributed by atoms with E-state index in [1.165, 1.54) is 18.2 Å². The number of nitrogens with zero attached hydrogens (tertiary/aromatic N) is 2. The van der Waals surface area contributed by atoms with Gasteiger partial charge in [-0.3, -0.25) is 0 Å². The number of hydrogen-bond donors (Lipinski definition) is 2. The molecule has 0 amide bonds. The molecular formula is C16H10ClFN4O. The molecule has 0 unspecified atom stereocenters. The van der Waals surface area contributed by atoms with Gasteiger partial charge in [-0.15, -0.1) is 5.10 Å². The molecular weight excluding hydrogens is 319 g/mol. The van der Waals surface area contributed by atoms with Gasteiger partial charge in [0.2, 0.25) is 0 Å². The summed E-state index contributed by atoms with van der Waals surface area (Å²) in [5, 5.41) is 11.9. The zero-order chi connectivity index (χ0) is 15.8. The maximum Gasteiger partial charge on any atom is 0.320 e. The summed E-state index contributed by atoms with van der Waals surface area (Å²) in [6.07, 6.45) is 1.82. The van der Waals surface area contributed by atoms with Crippen molar-refractivity contribution in [1.29, 1.82) is 0 Å². The summed E-state index contributed by atoms with van der Waals surface area (Å²) >= 11 is 5.75. The fraction of sp³-hybridized carbons (Fsp3) is 0. The number of fused-ring (bicyclic) bond motifs is 1. The number of H-pyrrole nitrogens is 1. The van der Waals surface area contributed by atoms with Crippen molar-refractivity contribution in [3.63, 3.8) is 0 Å². The van der Waals surface area contributed by atoms with Gasteiger partial charge in [0.05, 0.1) is 10.6 Å². The molecule has 0 aliphatic heterocycles. The normalized spacial score (nSPS) is 11.0. The van der Waals surface area contributed by atoms with Crippen LogP contribution in [0.4, 0.5) is 16.1 Å². The third kappa shape index (κ3) is 2.53. The maximum atomic E-state index is 13.2. The summed E-state index contributed by atoms with van der Waals surface area (Å²) in [5.41, 5.74) is 2.37. The molecule has 4 aromatic rings. The molecule has 2 heterocycles. The molecule has 2 N–H and O–H groups in total. The largest absolute Gasteiger partial charge is 0.403 e. The van der Waals surface area contributed by atoms with E-state index >= 15 is 0 Å². The monoisotopic (exact) mass is 328 g/mol. The van der Waals surface area contributed by atoms with Crippen molar-refractivity contribution in [3.05, 3.63) is 59.5 Å². The van der Waals surface area contributed by atoms with Crippen LogP contribution < -0.4 is 5.32 Å². The highest BCUT2D eigenvalue weighted by atomic mass is 35.5. The number of halogens is 2. The van der Waals surface area contributed by atoms with Crippen LogP contribution in [-0.4, -0.2) is 15.2 Å². The smallest absolute Gasteiger partial charge is 0.320 e. The number of nitrogens with one attached hydrogen (secondary N) is 2. The Bertz CT molecular complexity index is 995. The number of benzene rings is 2. The molecule has 5 nitrogen and oxygen atoms in total. The van der Waals surface area contributed by atoms with Crippen LogP contribution in [0.2, 0.25) is 5.02 Å². The lowest BCUT2D eigenvalue weighted by molar-refractivity contribution is 0.588. The minimum absolute atomic E-state index is 0.0198. The minimum atomic E-state index is -0.484. The highest BCUT2D eigenvalue weighted by Gasteiger charge is 2.13. The number of aromatic nitrogens is 3. The van der Waals surface area contributed by atoms with Gasteiger partial charge >= 0.3 is 6.01 Å². The van der Waals surface area contributed by atoms with Crippen LogP contribution in [0, 0.1) is 5.82 Å². The summed E-state index contributed by atoms with van der Waals surface area (Å²) in [6.45, 7) is 0. The van der Waals surface area contributed by atoms with Crippen molar-refractivity contribution in [2.75, 3.05) is 5.32 Å². The van der Waals surface area contributed by atoms with E-state index in [2.05, 4.69) is 20.5 Å². The van der Waals surface area contributed by atoms with Crippen molar-refractivity contribution >= 4 is 34.2 Å². The Hall–Kier alpha value is -2.86. The molecule has 0 aliphatic carbocycles. The van der Waals surface area contributed by atoms with Crippen LogP contribution in [0.25, 0.3) is 22.4 Å². The van der Waals surface area contributed by atoms with Gasteiger partial charge in [0.25, 0.3) is 5.89 Å². The summed E-state index contributed by atoms with van der Waals surface area (Å²) < 4.78 is 18.8. The van der Waals surface area contributed by atoms with E-state index in [1.807, 2.05) is 30.5 Å². The fourth-order valence-corrected chi connectivity index (χ4v) is 2.51. The van der Waals surface area contributed by atoms with Crippen LogP contribution in [0.5, 0.6) is 0 Å². The predicted octanol–water partition coefficient (Wildman–Crippen LogP) is 4.75. The maximum absolute atomic E-state index is 13.2. The van der Waals surface area contributed by atoms with E-state index in [0.29, 0.717) is 11.6 Å². The molecule has 0 atom stereocenters. The van der Waals surface area contributed by atoms with E-state index in [1.54, 1.807) is 0 Å². The Morgan fingerprint density at radius 3 is 2.87 bits per heavy atom. The average Bonchev–Trinajstić information content (AvgIpc) is 3.17. The first kappa shape index (κ1) is 13.8. The third-order valence-electron chi connectivity index (χ3n) is 3.42. The van der Waals surface area contributed by atoms with E-state index in [9.17, 15) is 4.39 Å². The number of hydrogen-bond acceptors (Lipinski definition) is 4. The molecule has 0 saturated carbocycles. The Labute approximate surface area is 135 Å².